The third-order valence-corrected chi connectivity index (χ3v) is 5.00. The lowest BCUT2D eigenvalue weighted by molar-refractivity contribution is 0.414. The second-order valence-electron chi connectivity index (χ2n) is 4.09. The van der Waals surface area contributed by atoms with Crippen molar-refractivity contribution in [2.75, 3.05) is 12.8 Å². The summed E-state index contributed by atoms with van der Waals surface area (Å²) < 4.78 is 11.9. The Bertz CT molecular complexity index is 184. The summed E-state index contributed by atoms with van der Waals surface area (Å²) in [5.41, 5.74) is 0. The molecule has 3 unspecified atom stereocenters. The summed E-state index contributed by atoms with van der Waals surface area (Å²) in [5.74, 6) is 0.808. The molecule has 0 aromatic rings. The Morgan fingerprint density at radius 3 is 2.43 bits per heavy atom. The van der Waals surface area contributed by atoms with Gasteiger partial charge in [0.2, 0.25) is 0 Å². The number of hydrogen-bond donors (Lipinski definition) is 1. The fourth-order valence-electron chi connectivity index (χ4n) is 2.31. The summed E-state index contributed by atoms with van der Waals surface area (Å²) >= 11 is 0. The van der Waals surface area contributed by atoms with E-state index in [1.807, 2.05) is 14.0 Å². The van der Waals surface area contributed by atoms with Gasteiger partial charge in [0.05, 0.1) is 5.25 Å². The third-order valence-electron chi connectivity index (χ3n) is 3.20. The minimum Gasteiger partial charge on any atom is -0.316 e. The van der Waals surface area contributed by atoms with E-state index in [9.17, 15) is 4.21 Å². The molecule has 1 N–H and O–H groups in total. The summed E-state index contributed by atoms with van der Waals surface area (Å²) in [6.45, 7) is 2.03. The summed E-state index contributed by atoms with van der Waals surface area (Å²) in [6, 6.07) is 0.482. The first kappa shape index (κ1) is 12.2. The maximum absolute atomic E-state index is 11.9. The SMILES string of the molecule is CCS(=O)C1CCCCCCC1NC. The molecule has 0 spiro atoms. The molecule has 3 atom stereocenters. The number of rotatable bonds is 3. The summed E-state index contributed by atoms with van der Waals surface area (Å²) in [4.78, 5) is 0. The first-order chi connectivity index (χ1) is 6.79. The van der Waals surface area contributed by atoms with Gasteiger partial charge in [0.1, 0.15) is 0 Å². The van der Waals surface area contributed by atoms with Crippen molar-refractivity contribution in [1.82, 2.24) is 5.32 Å². The monoisotopic (exact) mass is 217 g/mol. The van der Waals surface area contributed by atoms with Gasteiger partial charge in [0.25, 0.3) is 0 Å². The molecule has 2 nitrogen and oxygen atoms in total. The summed E-state index contributed by atoms with van der Waals surface area (Å²) in [5, 5.41) is 3.74. The van der Waals surface area contributed by atoms with Crippen molar-refractivity contribution in [1.29, 1.82) is 0 Å². The van der Waals surface area contributed by atoms with Crippen LogP contribution in [0.15, 0.2) is 0 Å². The lowest BCUT2D eigenvalue weighted by atomic mass is 9.96. The first-order valence-electron chi connectivity index (χ1n) is 5.84. The van der Waals surface area contributed by atoms with E-state index in [1.54, 1.807) is 0 Å². The van der Waals surface area contributed by atoms with Crippen molar-refractivity contribution in [3.63, 3.8) is 0 Å². The van der Waals surface area contributed by atoms with E-state index in [0.29, 0.717) is 11.3 Å². The molecule has 0 radical (unpaired) electrons. The van der Waals surface area contributed by atoms with Gasteiger partial charge in [-0.3, -0.25) is 4.21 Å². The molecule has 0 amide bonds. The average molecular weight is 217 g/mol. The molecule has 0 aromatic heterocycles. The van der Waals surface area contributed by atoms with Gasteiger partial charge in [-0.05, 0) is 19.9 Å². The molecule has 1 fully saturated rings. The van der Waals surface area contributed by atoms with Crippen LogP contribution in [0.25, 0.3) is 0 Å². The van der Waals surface area contributed by atoms with Crippen LogP contribution in [0.4, 0.5) is 0 Å². The highest BCUT2D eigenvalue weighted by atomic mass is 32.2. The van der Waals surface area contributed by atoms with E-state index in [2.05, 4.69) is 5.32 Å². The molecule has 1 aliphatic rings. The van der Waals surface area contributed by atoms with Crippen LogP contribution in [0.5, 0.6) is 0 Å². The molecule has 84 valence electrons. The quantitative estimate of drug-likeness (QED) is 0.784. The van der Waals surface area contributed by atoms with Crippen LogP contribution in [0, 0.1) is 0 Å². The van der Waals surface area contributed by atoms with Crippen molar-refractivity contribution in [2.45, 2.75) is 56.7 Å². The molecular weight excluding hydrogens is 194 g/mol. The Morgan fingerprint density at radius 1 is 1.21 bits per heavy atom. The average Bonchev–Trinajstić information content (AvgIpc) is 2.17. The zero-order valence-corrected chi connectivity index (χ0v) is 10.2. The van der Waals surface area contributed by atoms with Crippen molar-refractivity contribution in [3.8, 4) is 0 Å². The molecule has 1 aliphatic carbocycles. The second-order valence-corrected chi connectivity index (χ2v) is 6.04. The Morgan fingerprint density at radius 2 is 1.86 bits per heavy atom. The second kappa shape index (κ2) is 6.57. The Labute approximate surface area is 90.3 Å². The van der Waals surface area contributed by atoms with Crippen molar-refractivity contribution in [3.05, 3.63) is 0 Å². The maximum Gasteiger partial charge on any atom is 0.0501 e. The molecule has 0 saturated heterocycles. The van der Waals surface area contributed by atoms with E-state index < -0.39 is 10.8 Å². The molecule has 1 saturated carbocycles. The lowest BCUT2D eigenvalue weighted by Crippen LogP contribution is -2.41. The zero-order chi connectivity index (χ0) is 10.4. The Balaban J connectivity index is 2.58. The fraction of sp³-hybridized carbons (Fsp3) is 1.00. The van der Waals surface area contributed by atoms with E-state index >= 15 is 0 Å². The number of nitrogens with one attached hydrogen (secondary N) is 1. The maximum atomic E-state index is 11.9. The van der Waals surface area contributed by atoms with Crippen LogP contribution < -0.4 is 5.32 Å². The highest BCUT2D eigenvalue weighted by Gasteiger charge is 2.25. The van der Waals surface area contributed by atoms with Gasteiger partial charge in [-0.25, -0.2) is 0 Å². The van der Waals surface area contributed by atoms with Gasteiger partial charge in [0, 0.05) is 22.6 Å². The highest BCUT2D eigenvalue weighted by molar-refractivity contribution is 7.85. The van der Waals surface area contributed by atoms with Crippen LogP contribution in [-0.2, 0) is 10.8 Å². The molecule has 0 bridgehead atoms. The van der Waals surface area contributed by atoms with E-state index in [0.717, 1.165) is 12.2 Å². The highest BCUT2D eigenvalue weighted by Crippen LogP contribution is 2.21. The molecule has 0 aromatic carbocycles. The Hall–Kier alpha value is 0.110. The van der Waals surface area contributed by atoms with Crippen LogP contribution in [0.2, 0.25) is 0 Å². The van der Waals surface area contributed by atoms with Crippen LogP contribution >= 0.6 is 0 Å². The standard InChI is InChI=1S/C11H23NOS/c1-3-14(13)11-9-7-5-4-6-8-10(11)12-2/h10-12H,3-9H2,1-2H3. The molecular formula is C11H23NOS. The van der Waals surface area contributed by atoms with E-state index in [1.165, 1.54) is 32.1 Å². The molecule has 3 heteroatoms. The fourth-order valence-corrected chi connectivity index (χ4v) is 3.81. The summed E-state index contributed by atoms with van der Waals surface area (Å²) in [7, 11) is 1.38. The van der Waals surface area contributed by atoms with Gasteiger partial charge in [-0.15, -0.1) is 0 Å². The topological polar surface area (TPSA) is 29.1 Å². The van der Waals surface area contributed by atoms with Crippen molar-refractivity contribution >= 4 is 10.8 Å². The number of hydrogen-bond acceptors (Lipinski definition) is 2. The van der Waals surface area contributed by atoms with Gasteiger partial charge in [0.15, 0.2) is 0 Å². The molecule has 14 heavy (non-hydrogen) atoms. The van der Waals surface area contributed by atoms with Gasteiger partial charge in [-0.2, -0.15) is 0 Å². The van der Waals surface area contributed by atoms with E-state index in [4.69, 9.17) is 0 Å². The Kier molecular flexibility index (Phi) is 5.71. The minimum absolute atomic E-state index is 0.394. The molecule has 0 aliphatic heterocycles. The van der Waals surface area contributed by atoms with Crippen molar-refractivity contribution in [2.24, 2.45) is 0 Å². The van der Waals surface area contributed by atoms with Crippen LogP contribution in [-0.4, -0.2) is 28.3 Å². The van der Waals surface area contributed by atoms with E-state index in [-0.39, 0.29) is 0 Å². The smallest absolute Gasteiger partial charge is 0.0501 e. The van der Waals surface area contributed by atoms with Crippen LogP contribution in [0.3, 0.4) is 0 Å². The first-order valence-corrected chi connectivity index (χ1v) is 7.22. The lowest BCUT2D eigenvalue weighted by Gasteiger charge is -2.28. The van der Waals surface area contributed by atoms with Crippen molar-refractivity contribution < 1.29 is 4.21 Å². The third kappa shape index (κ3) is 3.35. The van der Waals surface area contributed by atoms with Gasteiger partial charge < -0.3 is 5.32 Å². The normalized spacial score (nSPS) is 31.9. The largest absolute Gasteiger partial charge is 0.316 e. The van der Waals surface area contributed by atoms with Gasteiger partial charge >= 0.3 is 0 Å². The molecule has 0 heterocycles. The van der Waals surface area contributed by atoms with Crippen LogP contribution in [0.1, 0.15) is 45.4 Å². The minimum atomic E-state index is -0.625. The summed E-state index contributed by atoms with van der Waals surface area (Å²) in [6.07, 6.45) is 7.58. The zero-order valence-electron chi connectivity index (χ0n) is 9.42. The predicted octanol–water partition coefficient (Wildman–Crippen LogP) is 2.07. The predicted molar refractivity (Wildman–Crippen MR) is 63.0 cm³/mol. The molecule has 1 rings (SSSR count). The van der Waals surface area contributed by atoms with Gasteiger partial charge in [-0.1, -0.05) is 32.6 Å².